The molecule has 168 valence electrons. The number of unbranched alkanes of at least 4 members (excludes halogenated alkanes) is 18. The van der Waals surface area contributed by atoms with E-state index < -0.39 is 14.1 Å². The lowest BCUT2D eigenvalue weighted by Gasteiger charge is -2.12. The molecule has 0 bridgehead atoms. The van der Waals surface area contributed by atoms with Gasteiger partial charge in [-0.05, 0) is 0 Å². The maximum absolute atomic E-state index is 2.32. The Bertz CT molecular complexity index is 220. The van der Waals surface area contributed by atoms with Crippen molar-refractivity contribution in [3.8, 4) is 0 Å². The highest BCUT2D eigenvalue weighted by Crippen LogP contribution is 2.20. The van der Waals surface area contributed by atoms with E-state index in [0.717, 1.165) is 0 Å². The first-order valence-corrected chi connectivity index (χ1v) is 16.3. The van der Waals surface area contributed by atoms with Crippen LogP contribution in [0, 0.1) is 0 Å². The van der Waals surface area contributed by atoms with Crippen LogP contribution in [0.2, 0.25) is 15.8 Å². The van der Waals surface area contributed by atoms with Crippen molar-refractivity contribution < 1.29 is 0 Å². The Labute approximate surface area is 185 Å². The van der Waals surface area contributed by atoms with Crippen LogP contribution < -0.4 is 0 Å². The summed E-state index contributed by atoms with van der Waals surface area (Å²) in [5.74, 6) is 0. The Kier molecular flexibility index (Phi) is 26.1. The summed E-state index contributed by atoms with van der Waals surface area (Å²) >= 11 is -0.428. The molecule has 0 N–H and O–H groups in total. The molecule has 0 aromatic rings. The minimum absolute atomic E-state index is 0.428. The molecule has 0 nitrogen and oxygen atoms in total. The Balaban J connectivity index is 3.80. The summed E-state index contributed by atoms with van der Waals surface area (Å²) in [6, 6.07) is 0. The molecule has 0 radical (unpaired) electrons. The summed E-state index contributed by atoms with van der Waals surface area (Å²) in [5.41, 5.74) is 0. The van der Waals surface area contributed by atoms with Crippen molar-refractivity contribution in [1.29, 1.82) is 0 Å². The topological polar surface area (TPSA) is 0 Å². The lowest BCUT2D eigenvalue weighted by atomic mass is 10.1. The molecule has 0 fully saturated rings. The highest BCUT2D eigenvalue weighted by atomic mass is 27.2. The zero-order valence-electron chi connectivity index (χ0n) is 20.5. The number of hydrogen-bond donors (Lipinski definition) is 0. The fourth-order valence-electron chi connectivity index (χ4n) is 4.60. The van der Waals surface area contributed by atoms with Gasteiger partial charge in [-0.3, -0.25) is 0 Å². The van der Waals surface area contributed by atoms with Gasteiger partial charge in [-0.1, -0.05) is 171 Å². The Morgan fingerprint density at radius 2 is 0.500 bits per heavy atom. The summed E-state index contributed by atoms with van der Waals surface area (Å²) in [5, 5.41) is 5.00. The van der Waals surface area contributed by atoms with E-state index in [9.17, 15) is 0 Å². The van der Waals surface area contributed by atoms with Crippen molar-refractivity contribution in [3.05, 3.63) is 0 Å². The maximum Gasteiger partial charge on any atom is 0.261 e. The van der Waals surface area contributed by atoms with E-state index >= 15 is 0 Å². The second-order valence-corrected chi connectivity index (χ2v) is 13.1. The SMILES string of the molecule is CCCCCCCC[CH2][Al]([CH2]CCCCCCCC)[CH2]CCCCCCCC. The highest BCUT2D eigenvalue weighted by Gasteiger charge is 2.15. The smallest absolute Gasteiger partial charge is 0.0939 e. The predicted octanol–water partition coefficient (Wildman–Crippen LogP) is 10.7. The first-order chi connectivity index (χ1) is 13.8. The molecule has 28 heavy (non-hydrogen) atoms. The number of rotatable bonds is 24. The van der Waals surface area contributed by atoms with E-state index in [2.05, 4.69) is 20.8 Å². The molecule has 0 aliphatic carbocycles. The van der Waals surface area contributed by atoms with Crippen molar-refractivity contribution in [2.45, 2.75) is 171 Å². The molecular formula is C27H57Al. The van der Waals surface area contributed by atoms with Crippen LogP contribution in [0.4, 0.5) is 0 Å². The molecule has 0 rings (SSSR count). The fourth-order valence-corrected chi connectivity index (χ4v) is 8.07. The molecule has 0 aliphatic heterocycles. The van der Waals surface area contributed by atoms with E-state index in [1.165, 1.54) is 116 Å². The van der Waals surface area contributed by atoms with E-state index in [1.54, 1.807) is 35.1 Å². The molecule has 0 aromatic carbocycles. The first kappa shape index (κ1) is 28.5. The van der Waals surface area contributed by atoms with Crippen LogP contribution >= 0.6 is 0 Å². The number of hydrogen-bond acceptors (Lipinski definition) is 0. The van der Waals surface area contributed by atoms with Crippen LogP contribution in [0.25, 0.3) is 0 Å². The molecule has 0 saturated carbocycles. The van der Waals surface area contributed by atoms with E-state index in [0.29, 0.717) is 0 Å². The molecule has 0 unspecified atom stereocenters. The monoisotopic (exact) mass is 408 g/mol. The van der Waals surface area contributed by atoms with Gasteiger partial charge in [0.15, 0.2) is 0 Å². The van der Waals surface area contributed by atoms with E-state index in [-0.39, 0.29) is 0 Å². The normalized spacial score (nSPS) is 11.2. The van der Waals surface area contributed by atoms with Gasteiger partial charge in [-0.15, -0.1) is 0 Å². The van der Waals surface area contributed by atoms with Gasteiger partial charge < -0.3 is 0 Å². The van der Waals surface area contributed by atoms with Crippen molar-refractivity contribution in [1.82, 2.24) is 0 Å². The van der Waals surface area contributed by atoms with Crippen LogP contribution in [-0.2, 0) is 0 Å². The van der Waals surface area contributed by atoms with Gasteiger partial charge in [0.05, 0.1) is 0 Å². The van der Waals surface area contributed by atoms with Gasteiger partial charge in [0.25, 0.3) is 14.1 Å². The molecule has 0 amide bonds. The average Bonchev–Trinajstić information content (AvgIpc) is 2.71. The van der Waals surface area contributed by atoms with Crippen molar-refractivity contribution in [3.63, 3.8) is 0 Å². The molecule has 0 saturated heterocycles. The fraction of sp³-hybridized carbons (Fsp3) is 1.00. The van der Waals surface area contributed by atoms with Crippen LogP contribution in [0.3, 0.4) is 0 Å². The van der Waals surface area contributed by atoms with Gasteiger partial charge in [0.1, 0.15) is 0 Å². The second-order valence-electron chi connectivity index (χ2n) is 9.60. The molecule has 0 aromatic heterocycles. The second kappa shape index (κ2) is 25.6. The van der Waals surface area contributed by atoms with Crippen LogP contribution in [0.1, 0.15) is 156 Å². The van der Waals surface area contributed by atoms with Crippen molar-refractivity contribution in [2.24, 2.45) is 0 Å². The molecule has 0 heterocycles. The third kappa shape index (κ3) is 22.8. The quantitative estimate of drug-likeness (QED) is 0.110. The zero-order chi connectivity index (χ0) is 20.5. The van der Waals surface area contributed by atoms with Gasteiger partial charge in [-0.2, -0.15) is 0 Å². The molecule has 0 atom stereocenters. The van der Waals surface area contributed by atoms with Crippen LogP contribution in [0.15, 0.2) is 0 Å². The highest BCUT2D eigenvalue weighted by molar-refractivity contribution is 6.58. The van der Waals surface area contributed by atoms with Gasteiger partial charge in [0, 0.05) is 0 Å². The zero-order valence-corrected chi connectivity index (χ0v) is 21.7. The van der Waals surface area contributed by atoms with E-state index in [1.807, 2.05) is 0 Å². The first-order valence-electron chi connectivity index (χ1n) is 13.8. The largest absolute Gasteiger partial charge is 0.261 e. The lowest BCUT2D eigenvalue weighted by molar-refractivity contribution is 0.591. The minimum Gasteiger partial charge on any atom is -0.0939 e. The molecule has 0 spiro atoms. The molecule has 1 heteroatoms. The average molecular weight is 409 g/mol. The molecule has 0 aliphatic rings. The summed E-state index contributed by atoms with van der Waals surface area (Å²) in [4.78, 5) is 0. The third-order valence-electron chi connectivity index (χ3n) is 6.65. The Hall–Kier alpha value is 0.532. The third-order valence-corrected chi connectivity index (χ3v) is 10.3. The van der Waals surface area contributed by atoms with Gasteiger partial charge >= 0.3 is 0 Å². The Morgan fingerprint density at radius 1 is 0.286 bits per heavy atom. The minimum atomic E-state index is -0.428. The summed E-state index contributed by atoms with van der Waals surface area (Å²) in [6.07, 6.45) is 31.2. The molecular weight excluding hydrogens is 351 g/mol. The van der Waals surface area contributed by atoms with Crippen molar-refractivity contribution >= 4 is 14.1 Å². The van der Waals surface area contributed by atoms with Crippen molar-refractivity contribution in [2.75, 3.05) is 0 Å². The summed E-state index contributed by atoms with van der Waals surface area (Å²) in [7, 11) is 0. The Morgan fingerprint density at radius 3 is 0.750 bits per heavy atom. The van der Waals surface area contributed by atoms with Gasteiger partial charge in [-0.25, -0.2) is 0 Å². The van der Waals surface area contributed by atoms with Crippen LogP contribution in [-0.4, -0.2) is 14.1 Å². The van der Waals surface area contributed by atoms with Crippen LogP contribution in [0.5, 0.6) is 0 Å². The van der Waals surface area contributed by atoms with E-state index in [4.69, 9.17) is 0 Å². The summed E-state index contributed by atoms with van der Waals surface area (Å²) < 4.78 is 0. The standard InChI is InChI=1S/3C9H19.Al/c3*1-3-5-7-9-8-6-4-2;/h3*1,3-9H2,2H3;. The lowest BCUT2D eigenvalue weighted by Crippen LogP contribution is -2.12. The van der Waals surface area contributed by atoms with Gasteiger partial charge in [0.2, 0.25) is 0 Å². The summed E-state index contributed by atoms with van der Waals surface area (Å²) in [6.45, 7) is 6.97. The maximum atomic E-state index is 2.32. The predicted molar refractivity (Wildman–Crippen MR) is 134 cm³/mol.